The summed E-state index contributed by atoms with van der Waals surface area (Å²) in [5, 5.41) is 20.0. The van der Waals surface area contributed by atoms with E-state index in [9.17, 15) is 14.7 Å². The molecule has 1 heterocycles. The Kier molecular flexibility index (Phi) is 7.23. The lowest BCUT2D eigenvalue weighted by atomic mass is 10.0. The van der Waals surface area contributed by atoms with Crippen LogP contribution in [0.25, 0.3) is 0 Å². The fraction of sp³-hybridized carbons (Fsp3) is 0.375. The number of amidine groups is 1. The van der Waals surface area contributed by atoms with Crippen LogP contribution in [-0.2, 0) is 16.0 Å². The minimum atomic E-state index is -0.895. The van der Waals surface area contributed by atoms with Crippen LogP contribution in [0.4, 0.5) is 10.5 Å². The molecule has 1 saturated heterocycles. The summed E-state index contributed by atoms with van der Waals surface area (Å²) in [6.07, 6.45) is -0.539. The van der Waals surface area contributed by atoms with E-state index in [1.54, 1.807) is 36.4 Å². The van der Waals surface area contributed by atoms with E-state index in [1.165, 1.54) is 4.90 Å². The zero-order valence-corrected chi connectivity index (χ0v) is 19.0. The second kappa shape index (κ2) is 9.91. The van der Waals surface area contributed by atoms with Crippen molar-refractivity contribution in [1.82, 2.24) is 5.32 Å². The third-order valence-electron chi connectivity index (χ3n) is 5.07. The van der Waals surface area contributed by atoms with E-state index in [0.717, 1.165) is 5.56 Å². The molecule has 1 fully saturated rings. The fourth-order valence-corrected chi connectivity index (χ4v) is 3.51. The van der Waals surface area contributed by atoms with E-state index in [-0.39, 0.29) is 18.0 Å². The Morgan fingerprint density at radius 2 is 1.88 bits per heavy atom. The number of nitrogens with two attached hydrogens (primary N) is 1. The van der Waals surface area contributed by atoms with Gasteiger partial charge < -0.3 is 20.3 Å². The molecule has 2 atom stereocenters. The second-order valence-electron chi connectivity index (χ2n) is 9.02. The van der Waals surface area contributed by atoms with Gasteiger partial charge in [0.2, 0.25) is 0 Å². The first-order chi connectivity index (χ1) is 15.5. The summed E-state index contributed by atoms with van der Waals surface area (Å²) in [6, 6.07) is 13.3. The van der Waals surface area contributed by atoms with Crippen LogP contribution in [0.5, 0.6) is 5.75 Å². The number of aliphatic carboxylic acids is 1. The van der Waals surface area contributed by atoms with E-state index in [0.29, 0.717) is 30.0 Å². The summed E-state index contributed by atoms with van der Waals surface area (Å²) in [5.41, 5.74) is 7.27. The first kappa shape index (κ1) is 24.1. The number of benzene rings is 2. The van der Waals surface area contributed by atoms with Crippen LogP contribution < -0.4 is 20.7 Å². The van der Waals surface area contributed by atoms with Crippen LogP contribution in [-0.4, -0.2) is 53.8 Å². The summed E-state index contributed by atoms with van der Waals surface area (Å²) in [7, 11) is 0. The number of carbonyl (C=O) groups is 2. The van der Waals surface area contributed by atoms with E-state index in [4.69, 9.17) is 20.6 Å². The molecule has 1 aliphatic rings. The highest BCUT2D eigenvalue weighted by Crippen LogP contribution is 2.23. The molecule has 3 rings (SSSR count). The monoisotopic (exact) mass is 454 g/mol. The van der Waals surface area contributed by atoms with Crippen molar-refractivity contribution in [2.75, 3.05) is 18.1 Å². The maximum absolute atomic E-state index is 12.2. The lowest BCUT2D eigenvalue weighted by Gasteiger charge is -2.26. The Bertz CT molecular complexity index is 999. The Hall–Kier alpha value is -3.59. The fourth-order valence-electron chi connectivity index (χ4n) is 3.51. The molecule has 33 heavy (non-hydrogen) atoms. The van der Waals surface area contributed by atoms with Crippen LogP contribution in [0.3, 0.4) is 0 Å². The van der Waals surface area contributed by atoms with Crippen LogP contribution in [0.1, 0.15) is 31.9 Å². The molecule has 1 aliphatic heterocycles. The number of hydrogen-bond acceptors (Lipinski definition) is 6. The summed E-state index contributed by atoms with van der Waals surface area (Å²) in [4.78, 5) is 25.3. The normalized spacial score (nSPS) is 16.9. The number of nitrogens with one attached hydrogen (secondary N) is 2. The first-order valence-corrected chi connectivity index (χ1v) is 10.7. The number of amides is 1. The number of carbonyl (C=O) groups excluding carboxylic acids is 1. The van der Waals surface area contributed by atoms with Crippen molar-refractivity contribution in [1.29, 1.82) is 5.41 Å². The molecule has 5 N–H and O–H groups in total. The van der Waals surface area contributed by atoms with Crippen LogP contribution in [0.2, 0.25) is 0 Å². The van der Waals surface area contributed by atoms with E-state index >= 15 is 0 Å². The Labute approximate surface area is 193 Å². The molecule has 1 amide bonds. The average molecular weight is 455 g/mol. The van der Waals surface area contributed by atoms with Gasteiger partial charge in [0.25, 0.3) is 0 Å². The van der Waals surface area contributed by atoms with Crippen molar-refractivity contribution < 1.29 is 24.2 Å². The van der Waals surface area contributed by atoms with E-state index in [2.05, 4.69) is 5.32 Å². The second-order valence-corrected chi connectivity index (χ2v) is 9.02. The molecule has 2 aromatic rings. The Morgan fingerprint density at radius 3 is 2.42 bits per heavy atom. The maximum Gasteiger partial charge on any atom is 0.414 e. The quantitative estimate of drug-likeness (QED) is 0.338. The summed E-state index contributed by atoms with van der Waals surface area (Å²) in [5.74, 6) is -0.324. The topological polar surface area (TPSA) is 138 Å². The SMILES string of the molecule is CC(C)(C)NC(Cc1ccc(OCC2CN(c3ccc(C(=N)N)cc3)C(=O)O2)cc1)C(=O)O. The largest absolute Gasteiger partial charge is 0.490 e. The summed E-state index contributed by atoms with van der Waals surface area (Å²) < 4.78 is 11.2. The molecular weight excluding hydrogens is 424 g/mol. The molecule has 9 nitrogen and oxygen atoms in total. The lowest BCUT2D eigenvalue weighted by molar-refractivity contribution is -0.140. The number of rotatable bonds is 9. The smallest absolute Gasteiger partial charge is 0.414 e. The average Bonchev–Trinajstić information content (AvgIpc) is 3.12. The number of anilines is 1. The zero-order chi connectivity index (χ0) is 24.2. The van der Waals surface area contributed by atoms with Gasteiger partial charge in [0, 0.05) is 16.8 Å². The Balaban J connectivity index is 1.53. The highest BCUT2D eigenvalue weighted by atomic mass is 16.6. The van der Waals surface area contributed by atoms with E-state index in [1.807, 2.05) is 32.9 Å². The van der Waals surface area contributed by atoms with Crippen molar-refractivity contribution in [3.05, 3.63) is 59.7 Å². The molecule has 176 valence electrons. The van der Waals surface area contributed by atoms with Crippen molar-refractivity contribution in [3.8, 4) is 5.75 Å². The van der Waals surface area contributed by atoms with Crippen molar-refractivity contribution in [2.45, 2.75) is 44.9 Å². The van der Waals surface area contributed by atoms with Gasteiger partial charge in [0.05, 0.1) is 6.54 Å². The van der Waals surface area contributed by atoms with Crippen molar-refractivity contribution in [2.24, 2.45) is 5.73 Å². The highest BCUT2D eigenvalue weighted by molar-refractivity contribution is 5.96. The van der Waals surface area contributed by atoms with Gasteiger partial charge in [0.15, 0.2) is 6.10 Å². The molecule has 0 saturated carbocycles. The molecule has 9 heteroatoms. The molecule has 0 aromatic heterocycles. The first-order valence-electron chi connectivity index (χ1n) is 10.7. The third-order valence-corrected chi connectivity index (χ3v) is 5.07. The summed E-state index contributed by atoms with van der Waals surface area (Å²) in [6.45, 7) is 6.32. The Morgan fingerprint density at radius 1 is 1.24 bits per heavy atom. The number of nitrogens with zero attached hydrogens (tertiary/aromatic N) is 1. The predicted octanol–water partition coefficient (Wildman–Crippen LogP) is 2.76. The van der Waals surface area contributed by atoms with Crippen LogP contribution in [0.15, 0.2) is 48.5 Å². The lowest BCUT2D eigenvalue weighted by Crippen LogP contribution is -2.48. The standard InChI is InChI=1S/C24H30N4O5/c1-24(2,3)27-20(22(29)30)12-15-4-10-18(11-5-15)32-14-19-13-28(23(31)33-19)17-8-6-16(7-9-17)21(25)26/h4-11,19-20,27H,12-14H2,1-3H3,(H3,25,26)(H,29,30). The van der Waals surface area contributed by atoms with Gasteiger partial charge in [-0.25, -0.2) is 4.79 Å². The van der Waals surface area contributed by atoms with Crippen LogP contribution in [0, 0.1) is 5.41 Å². The van der Waals surface area contributed by atoms with Gasteiger partial charge in [-0.15, -0.1) is 0 Å². The molecule has 0 aliphatic carbocycles. The summed E-state index contributed by atoms with van der Waals surface area (Å²) >= 11 is 0. The van der Waals surface area contributed by atoms with Gasteiger partial charge >= 0.3 is 12.1 Å². The maximum atomic E-state index is 12.2. The van der Waals surface area contributed by atoms with Crippen molar-refractivity contribution >= 4 is 23.6 Å². The van der Waals surface area contributed by atoms with Gasteiger partial charge in [-0.2, -0.15) is 0 Å². The van der Waals surface area contributed by atoms with Gasteiger partial charge in [-0.05, 0) is 69.2 Å². The number of cyclic esters (lactones) is 1. The van der Waals surface area contributed by atoms with E-state index < -0.39 is 24.2 Å². The highest BCUT2D eigenvalue weighted by Gasteiger charge is 2.33. The third kappa shape index (κ3) is 6.69. The van der Waals surface area contributed by atoms with Crippen molar-refractivity contribution in [3.63, 3.8) is 0 Å². The molecular formula is C24H30N4O5. The number of carboxylic acids is 1. The van der Waals surface area contributed by atoms with Gasteiger partial charge in [-0.1, -0.05) is 12.1 Å². The van der Waals surface area contributed by atoms with Gasteiger partial charge in [-0.3, -0.25) is 20.4 Å². The number of carboxylic acid groups (broad SMARTS) is 1. The molecule has 0 radical (unpaired) electrons. The van der Waals surface area contributed by atoms with Gasteiger partial charge in [0.1, 0.15) is 24.2 Å². The molecule has 0 bridgehead atoms. The number of ether oxygens (including phenoxy) is 2. The number of hydrogen-bond donors (Lipinski definition) is 4. The molecule has 0 spiro atoms. The predicted molar refractivity (Wildman–Crippen MR) is 125 cm³/mol. The molecule has 2 unspecified atom stereocenters. The van der Waals surface area contributed by atoms with Crippen LogP contribution >= 0.6 is 0 Å². The molecule has 2 aromatic carbocycles. The minimum absolute atomic E-state index is 0.0354. The number of nitrogen functional groups attached to an aromatic ring is 1. The minimum Gasteiger partial charge on any atom is -0.490 e. The zero-order valence-electron chi connectivity index (χ0n) is 19.0.